The molecule has 0 aliphatic heterocycles. The average molecular weight is 275 g/mol. The summed E-state index contributed by atoms with van der Waals surface area (Å²) in [5.41, 5.74) is 5.52. The maximum absolute atomic E-state index is 4.35. The molecular formula is C18H17N3. The fourth-order valence-corrected chi connectivity index (χ4v) is 2.33. The van der Waals surface area contributed by atoms with Crippen molar-refractivity contribution >= 4 is 11.5 Å². The third-order valence-corrected chi connectivity index (χ3v) is 3.47. The molecule has 21 heavy (non-hydrogen) atoms. The van der Waals surface area contributed by atoms with Gasteiger partial charge in [-0.25, -0.2) is 9.97 Å². The summed E-state index contributed by atoms with van der Waals surface area (Å²) in [5, 5.41) is 3.40. The number of benzene rings is 2. The van der Waals surface area contributed by atoms with Gasteiger partial charge in [0.15, 0.2) is 0 Å². The van der Waals surface area contributed by atoms with E-state index in [0.29, 0.717) is 0 Å². The average Bonchev–Trinajstić information content (AvgIpc) is 2.52. The number of aryl methyl sites for hydroxylation is 2. The molecule has 104 valence electrons. The highest BCUT2D eigenvalue weighted by molar-refractivity contribution is 5.68. The summed E-state index contributed by atoms with van der Waals surface area (Å²) in [7, 11) is 0. The highest BCUT2D eigenvalue weighted by Crippen LogP contribution is 2.25. The van der Waals surface area contributed by atoms with Gasteiger partial charge in [-0.05, 0) is 25.0 Å². The summed E-state index contributed by atoms with van der Waals surface area (Å²) in [6.07, 6.45) is 1.60. The summed E-state index contributed by atoms with van der Waals surface area (Å²) < 4.78 is 0. The Bertz CT molecular complexity index is 731. The van der Waals surface area contributed by atoms with Crippen LogP contribution in [-0.4, -0.2) is 9.97 Å². The molecule has 0 fully saturated rings. The summed E-state index contributed by atoms with van der Waals surface area (Å²) in [5.74, 6) is 0.807. The van der Waals surface area contributed by atoms with Crippen molar-refractivity contribution in [2.24, 2.45) is 0 Å². The monoisotopic (exact) mass is 275 g/mol. The van der Waals surface area contributed by atoms with Gasteiger partial charge in [0, 0.05) is 17.3 Å². The molecule has 0 aliphatic carbocycles. The summed E-state index contributed by atoms with van der Waals surface area (Å²) in [6.45, 7) is 4.18. The minimum absolute atomic E-state index is 0.807. The number of aromatic nitrogens is 2. The molecule has 3 heteroatoms. The van der Waals surface area contributed by atoms with Crippen LogP contribution in [0.3, 0.4) is 0 Å². The lowest BCUT2D eigenvalue weighted by Gasteiger charge is -2.12. The quantitative estimate of drug-likeness (QED) is 0.764. The largest absolute Gasteiger partial charge is 0.340 e. The molecule has 0 radical (unpaired) electrons. The fraction of sp³-hybridized carbons (Fsp3) is 0.111. The zero-order valence-electron chi connectivity index (χ0n) is 12.2. The second-order valence-electron chi connectivity index (χ2n) is 5.05. The van der Waals surface area contributed by atoms with E-state index in [1.54, 1.807) is 6.33 Å². The van der Waals surface area contributed by atoms with Gasteiger partial charge in [-0.2, -0.15) is 0 Å². The number of nitrogens with zero attached hydrogens (tertiary/aromatic N) is 2. The Hall–Kier alpha value is -2.68. The van der Waals surface area contributed by atoms with Gasteiger partial charge in [0.05, 0.1) is 5.69 Å². The molecule has 0 atom stereocenters. The minimum Gasteiger partial charge on any atom is -0.340 e. The normalized spacial score (nSPS) is 10.4. The first-order valence-corrected chi connectivity index (χ1v) is 6.95. The molecule has 1 aromatic heterocycles. The molecule has 0 unspecified atom stereocenters. The Morgan fingerprint density at radius 2 is 1.52 bits per heavy atom. The summed E-state index contributed by atoms with van der Waals surface area (Å²) in [4.78, 5) is 8.67. The topological polar surface area (TPSA) is 37.8 Å². The van der Waals surface area contributed by atoms with E-state index < -0.39 is 0 Å². The van der Waals surface area contributed by atoms with E-state index in [0.717, 1.165) is 22.8 Å². The third-order valence-electron chi connectivity index (χ3n) is 3.47. The van der Waals surface area contributed by atoms with Crippen LogP contribution in [0.4, 0.5) is 11.5 Å². The molecule has 0 saturated carbocycles. The highest BCUT2D eigenvalue weighted by atomic mass is 15.0. The Kier molecular flexibility index (Phi) is 3.65. The van der Waals surface area contributed by atoms with E-state index in [1.807, 2.05) is 36.4 Å². The van der Waals surface area contributed by atoms with E-state index in [4.69, 9.17) is 0 Å². The summed E-state index contributed by atoms with van der Waals surface area (Å²) >= 11 is 0. The maximum atomic E-state index is 4.35. The van der Waals surface area contributed by atoms with E-state index in [9.17, 15) is 0 Å². The van der Waals surface area contributed by atoms with Gasteiger partial charge in [-0.15, -0.1) is 0 Å². The van der Waals surface area contributed by atoms with E-state index in [1.165, 1.54) is 11.1 Å². The van der Waals surface area contributed by atoms with Gasteiger partial charge < -0.3 is 5.32 Å². The van der Waals surface area contributed by atoms with Crippen LogP contribution in [0.25, 0.3) is 11.3 Å². The number of hydrogen-bond acceptors (Lipinski definition) is 3. The zero-order chi connectivity index (χ0) is 14.7. The van der Waals surface area contributed by atoms with E-state index in [-0.39, 0.29) is 0 Å². The van der Waals surface area contributed by atoms with Gasteiger partial charge in [0.2, 0.25) is 0 Å². The molecule has 2 aromatic carbocycles. The number of para-hydroxylation sites is 1. The van der Waals surface area contributed by atoms with Crippen molar-refractivity contribution in [3.63, 3.8) is 0 Å². The van der Waals surface area contributed by atoms with Crippen molar-refractivity contribution < 1.29 is 0 Å². The molecule has 0 amide bonds. The Morgan fingerprint density at radius 3 is 2.24 bits per heavy atom. The molecule has 3 rings (SSSR count). The Labute approximate surface area is 124 Å². The lowest BCUT2D eigenvalue weighted by Crippen LogP contribution is -1.99. The third kappa shape index (κ3) is 2.92. The first-order chi connectivity index (χ1) is 10.2. The molecule has 0 bridgehead atoms. The highest BCUT2D eigenvalue weighted by Gasteiger charge is 2.05. The summed E-state index contributed by atoms with van der Waals surface area (Å²) in [6, 6.07) is 18.3. The van der Waals surface area contributed by atoms with Gasteiger partial charge in [-0.1, -0.05) is 48.5 Å². The molecule has 3 aromatic rings. The van der Waals surface area contributed by atoms with Crippen LogP contribution >= 0.6 is 0 Å². The SMILES string of the molecule is Cc1cccc(C)c1Nc1cc(-c2ccccc2)ncn1. The second-order valence-corrected chi connectivity index (χ2v) is 5.05. The number of hydrogen-bond donors (Lipinski definition) is 1. The lowest BCUT2D eigenvalue weighted by atomic mass is 10.1. The van der Waals surface area contributed by atoms with Gasteiger partial charge in [0.25, 0.3) is 0 Å². The van der Waals surface area contributed by atoms with E-state index in [2.05, 4.69) is 47.3 Å². The van der Waals surface area contributed by atoms with Crippen LogP contribution in [0.2, 0.25) is 0 Å². The van der Waals surface area contributed by atoms with Crippen molar-refractivity contribution in [3.05, 3.63) is 72.1 Å². The molecular weight excluding hydrogens is 258 g/mol. The standard InChI is InChI=1S/C18H17N3/c1-13-7-6-8-14(2)18(13)21-17-11-16(19-12-20-17)15-9-4-3-5-10-15/h3-12H,1-2H3,(H,19,20,21). The van der Waals surface area contributed by atoms with Crippen LogP contribution in [0, 0.1) is 13.8 Å². The van der Waals surface area contributed by atoms with Crippen LogP contribution < -0.4 is 5.32 Å². The maximum Gasteiger partial charge on any atom is 0.134 e. The predicted molar refractivity (Wildman–Crippen MR) is 86.7 cm³/mol. The molecule has 3 nitrogen and oxygen atoms in total. The van der Waals surface area contributed by atoms with Crippen molar-refractivity contribution in [3.8, 4) is 11.3 Å². The molecule has 0 aliphatic rings. The van der Waals surface area contributed by atoms with Crippen LogP contribution in [-0.2, 0) is 0 Å². The van der Waals surface area contributed by atoms with Crippen molar-refractivity contribution in [2.45, 2.75) is 13.8 Å². The minimum atomic E-state index is 0.807. The Balaban J connectivity index is 1.94. The van der Waals surface area contributed by atoms with Gasteiger partial charge in [-0.3, -0.25) is 0 Å². The molecule has 0 spiro atoms. The second kappa shape index (κ2) is 5.75. The van der Waals surface area contributed by atoms with Gasteiger partial charge in [0.1, 0.15) is 12.1 Å². The van der Waals surface area contributed by atoms with Crippen molar-refractivity contribution in [2.75, 3.05) is 5.32 Å². The fourth-order valence-electron chi connectivity index (χ4n) is 2.33. The van der Waals surface area contributed by atoms with E-state index >= 15 is 0 Å². The van der Waals surface area contributed by atoms with Crippen molar-refractivity contribution in [1.29, 1.82) is 0 Å². The predicted octanol–water partition coefficient (Wildman–Crippen LogP) is 4.50. The number of rotatable bonds is 3. The molecule has 1 N–H and O–H groups in total. The first-order valence-electron chi connectivity index (χ1n) is 6.95. The number of anilines is 2. The zero-order valence-corrected chi connectivity index (χ0v) is 12.2. The van der Waals surface area contributed by atoms with Crippen molar-refractivity contribution in [1.82, 2.24) is 9.97 Å². The first kappa shape index (κ1) is 13.3. The van der Waals surface area contributed by atoms with Crippen LogP contribution in [0.15, 0.2) is 60.9 Å². The number of nitrogens with one attached hydrogen (secondary N) is 1. The molecule has 1 heterocycles. The van der Waals surface area contributed by atoms with Crippen LogP contribution in [0.1, 0.15) is 11.1 Å². The lowest BCUT2D eigenvalue weighted by molar-refractivity contribution is 1.17. The van der Waals surface area contributed by atoms with Crippen LogP contribution in [0.5, 0.6) is 0 Å². The van der Waals surface area contributed by atoms with Gasteiger partial charge >= 0.3 is 0 Å². The smallest absolute Gasteiger partial charge is 0.134 e. The Morgan fingerprint density at radius 1 is 0.810 bits per heavy atom. The molecule has 0 saturated heterocycles.